The van der Waals surface area contributed by atoms with Gasteiger partial charge in [-0.05, 0) is 60.2 Å². The Morgan fingerprint density at radius 3 is 2.72 bits per heavy atom. The first-order chi connectivity index (χ1) is 18.9. The Morgan fingerprint density at radius 2 is 1.85 bits per heavy atom. The topological polar surface area (TPSA) is 114 Å². The van der Waals surface area contributed by atoms with Gasteiger partial charge in [0.15, 0.2) is 0 Å². The zero-order chi connectivity index (χ0) is 26.5. The van der Waals surface area contributed by atoms with Crippen molar-refractivity contribution in [3.05, 3.63) is 81.4 Å². The Kier molecular flexibility index (Phi) is 4.37. The van der Waals surface area contributed by atoms with Crippen molar-refractivity contribution in [2.24, 2.45) is 4.99 Å². The number of rotatable bonds is 2. The molecule has 0 saturated heterocycles. The van der Waals surface area contributed by atoms with Gasteiger partial charge in [-0.15, -0.1) is 0 Å². The first-order valence-electron chi connectivity index (χ1n) is 13.1. The van der Waals surface area contributed by atoms with E-state index in [1.165, 1.54) is 5.56 Å². The lowest BCUT2D eigenvalue weighted by molar-refractivity contribution is -0.120. The molecule has 0 fully saturated rings. The summed E-state index contributed by atoms with van der Waals surface area (Å²) >= 11 is 0. The molecule has 10 heteroatoms. The normalized spacial score (nSPS) is 20.8. The molecular formula is C29H25N7O3. The number of para-hydroxylation sites is 1. The lowest BCUT2D eigenvalue weighted by Gasteiger charge is -2.23. The fourth-order valence-corrected chi connectivity index (χ4v) is 6.75. The van der Waals surface area contributed by atoms with Gasteiger partial charge >= 0.3 is 5.69 Å². The molecule has 2 aromatic carbocycles. The van der Waals surface area contributed by atoms with Crippen molar-refractivity contribution in [1.29, 1.82) is 0 Å². The number of carbonyl (C=O) groups excluding carboxylic acids is 2. The van der Waals surface area contributed by atoms with E-state index in [0.717, 1.165) is 45.5 Å². The molecule has 3 aliphatic heterocycles. The lowest BCUT2D eigenvalue weighted by atomic mass is 9.79. The number of imidazole rings is 1. The van der Waals surface area contributed by atoms with E-state index in [-0.39, 0.29) is 30.6 Å². The zero-order valence-corrected chi connectivity index (χ0v) is 21.3. The first-order valence-corrected chi connectivity index (χ1v) is 13.1. The molecule has 0 radical (unpaired) electrons. The summed E-state index contributed by atoms with van der Waals surface area (Å²) in [7, 11) is 1.74. The Hall–Kier alpha value is -4.73. The van der Waals surface area contributed by atoms with Gasteiger partial charge in [-0.2, -0.15) is 0 Å². The van der Waals surface area contributed by atoms with Crippen LogP contribution in [0, 0.1) is 0 Å². The highest BCUT2D eigenvalue weighted by atomic mass is 16.2. The van der Waals surface area contributed by atoms with Crippen molar-refractivity contribution in [2.45, 2.75) is 37.8 Å². The summed E-state index contributed by atoms with van der Waals surface area (Å²) in [5.74, 6) is 1.25. The largest absolute Gasteiger partial charge is 0.342 e. The molecule has 1 atom stereocenters. The molecule has 1 aliphatic carbocycles. The fraction of sp³-hybridized carbons (Fsp3) is 0.276. The van der Waals surface area contributed by atoms with Crippen LogP contribution in [-0.4, -0.2) is 45.4 Å². The van der Waals surface area contributed by atoms with Gasteiger partial charge in [0.2, 0.25) is 11.8 Å². The minimum Gasteiger partial charge on any atom is -0.342 e. The molecule has 0 unspecified atom stereocenters. The molecule has 4 aromatic rings. The second-order valence-electron chi connectivity index (χ2n) is 10.8. The number of hydrogen-bond acceptors (Lipinski definition) is 6. The highest BCUT2D eigenvalue weighted by molar-refractivity contribution is 6.07. The van der Waals surface area contributed by atoms with Crippen LogP contribution in [0.2, 0.25) is 0 Å². The van der Waals surface area contributed by atoms with Crippen LogP contribution in [-0.2, 0) is 47.4 Å². The summed E-state index contributed by atoms with van der Waals surface area (Å²) in [6.07, 6.45) is 3.73. The smallest absolute Gasteiger partial charge is 0.330 e. The van der Waals surface area contributed by atoms with Crippen LogP contribution in [0.1, 0.15) is 22.3 Å². The molecule has 0 saturated carbocycles. The summed E-state index contributed by atoms with van der Waals surface area (Å²) in [4.78, 5) is 49.8. The second kappa shape index (κ2) is 7.66. The number of amidine groups is 1. The van der Waals surface area contributed by atoms with E-state index in [1.807, 2.05) is 30.3 Å². The summed E-state index contributed by atoms with van der Waals surface area (Å²) in [6.45, 7) is 0.886. The van der Waals surface area contributed by atoms with Gasteiger partial charge in [-0.25, -0.2) is 9.78 Å². The molecule has 1 spiro atoms. The molecule has 194 valence electrons. The van der Waals surface area contributed by atoms with Gasteiger partial charge in [0.1, 0.15) is 18.2 Å². The summed E-state index contributed by atoms with van der Waals surface area (Å²) in [6, 6.07) is 13.9. The zero-order valence-electron chi connectivity index (χ0n) is 21.3. The van der Waals surface area contributed by atoms with Gasteiger partial charge in [0.05, 0.1) is 28.7 Å². The average molecular weight is 520 g/mol. The van der Waals surface area contributed by atoms with Crippen LogP contribution in [0.5, 0.6) is 0 Å². The highest BCUT2D eigenvalue weighted by Crippen LogP contribution is 2.47. The van der Waals surface area contributed by atoms with E-state index in [9.17, 15) is 14.4 Å². The van der Waals surface area contributed by atoms with Crippen molar-refractivity contribution in [2.75, 3.05) is 29.1 Å². The molecule has 4 aliphatic rings. The maximum Gasteiger partial charge on any atom is 0.330 e. The highest BCUT2D eigenvalue weighted by Gasteiger charge is 2.51. The first kappa shape index (κ1) is 22.3. The third kappa shape index (κ3) is 2.99. The number of aromatic nitrogens is 3. The molecular weight excluding hydrogens is 494 g/mol. The van der Waals surface area contributed by atoms with Crippen molar-refractivity contribution < 1.29 is 9.59 Å². The van der Waals surface area contributed by atoms with Crippen LogP contribution in [0.25, 0.3) is 11.0 Å². The molecule has 5 heterocycles. The van der Waals surface area contributed by atoms with Crippen molar-refractivity contribution in [1.82, 2.24) is 14.1 Å². The van der Waals surface area contributed by atoms with Gasteiger partial charge in [-0.3, -0.25) is 23.7 Å². The Morgan fingerprint density at radius 1 is 1.00 bits per heavy atom. The molecule has 0 bridgehead atoms. The maximum absolute atomic E-state index is 13.4. The Labute approximate surface area is 223 Å². The Bertz CT molecular complexity index is 1870. The van der Waals surface area contributed by atoms with E-state index in [2.05, 4.69) is 27.8 Å². The number of carbonyl (C=O) groups is 2. The van der Waals surface area contributed by atoms with Gasteiger partial charge < -0.3 is 15.5 Å². The van der Waals surface area contributed by atoms with Crippen molar-refractivity contribution in [3.63, 3.8) is 0 Å². The number of aliphatic imine (C=N–C) groups is 1. The average Bonchev–Trinajstić information content (AvgIpc) is 3.46. The summed E-state index contributed by atoms with van der Waals surface area (Å²) in [5, 5.41) is 6.48. The van der Waals surface area contributed by atoms with Crippen molar-refractivity contribution >= 4 is 45.9 Å². The monoisotopic (exact) mass is 519 g/mol. The number of fused-ring (bicyclic) bond motifs is 4. The minimum atomic E-state index is -0.618. The molecule has 8 rings (SSSR count). The Balaban J connectivity index is 1.14. The number of amides is 2. The predicted molar refractivity (Wildman–Crippen MR) is 148 cm³/mol. The quantitative estimate of drug-likeness (QED) is 0.422. The van der Waals surface area contributed by atoms with E-state index >= 15 is 0 Å². The van der Waals surface area contributed by atoms with E-state index < -0.39 is 5.41 Å². The number of hydrogen-bond donors (Lipinski definition) is 2. The van der Waals surface area contributed by atoms with Crippen molar-refractivity contribution in [3.8, 4) is 0 Å². The third-order valence-electron chi connectivity index (χ3n) is 8.72. The predicted octanol–water partition coefficient (Wildman–Crippen LogP) is 2.23. The third-order valence-corrected chi connectivity index (χ3v) is 8.72. The van der Waals surface area contributed by atoms with Crippen LogP contribution in [0.3, 0.4) is 0 Å². The molecule has 2 aromatic heterocycles. The molecule has 39 heavy (non-hydrogen) atoms. The second-order valence-corrected chi connectivity index (χ2v) is 10.8. The molecule has 2 amide bonds. The SMILES string of the molecule is CN1C(=O)Cn2c(=O)n(CC3=NCCc4cc5c(cc4N3)C[C@]3(C5)C(=O)Nc4ncccc43)c3cccc1c32. The number of likely N-dealkylation sites (N-methyl/N-ethyl adjacent to an activating group) is 1. The maximum atomic E-state index is 13.4. The number of benzene rings is 2. The van der Waals surface area contributed by atoms with E-state index in [4.69, 9.17) is 4.99 Å². The van der Waals surface area contributed by atoms with Gasteiger partial charge in [0.25, 0.3) is 0 Å². The molecule has 10 nitrogen and oxygen atoms in total. The number of anilines is 3. The summed E-state index contributed by atoms with van der Waals surface area (Å²) < 4.78 is 3.25. The number of pyridine rings is 1. The van der Waals surface area contributed by atoms with E-state index in [0.29, 0.717) is 31.0 Å². The minimum absolute atomic E-state index is 0.00873. The summed E-state index contributed by atoms with van der Waals surface area (Å²) in [5.41, 5.74) is 6.85. The standard InChI is InChI=1S/C29H25N7O3/c1-34-21-5-2-6-22-25(21)36(15-24(34)37)28(39)35(22)14-23-30-9-7-16-10-17-12-29(13-18(17)11-20(16)32-23)19-4-3-8-31-26(19)33-27(29)38/h2-6,8,10-11H,7,9,12-15H2,1H3,(H,30,32)(H,31,33,38)/t29-/m0/s1. The van der Waals surface area contributed by atoms with Gasteiger partial charge in [-0.1, -0.05) is 18.2 Å². The number of nitrogens with one attached hydrogen (secondary N) is 2. The van der Waals surface area contributed by atoms with Crippen LogP contribution >= 0.6 is 0 Å². The van der Waals surface area contributed by atoms with Crippen LogP contribution in [0.4, 0.5) is 17.2 Å². The van der Waals surface area contributed by atoms with E-state index in [1.54, 1.807) is 27.3 Å². The lowest BCUT2D eigenvalue weighted by Crippen LogP contribution is -2.38. The van der Waals surface area contributed by atoms with Crippen LogP contribution in [0.15, 0.2) is 58.4 Å². The van der Waals surface area contributed by atoms with Crippen LogP contribution < -0.4 is 21.2 Å². The molecule has 2 N–H and O–H groups in total. The van der Waals surface area contributed by atoms with Gasteiger partial charge in [0, 0.05) is 31.0 Å². The number of nitrogens with zero attached hydrogens (tertiary/aromatic N) is 5. The fourth-order valence-electron chi connectivity index (χ4n) is 6.75.